The molecule has 0 aliphatic heterocycles. The molecule has 0 bridgehead atoms. The number of para-hydroxylation sites is 1. The maximum absolute atomic E-state index is 4.66. The highest BCUT2D eigenvalue weighted by atomic mass is 32.2. The number of benzene rings is 3. The maximum atomic E-state index is 4.66. The molecule has 0 spiro atoms. The molecular formula is C18H11N5S2. The van der Waals surface area contributed by atoms with Gasteiger partial charge in [-0.25, -0.2) is 4.98 Å². The van der Waals surface area contributed by atoms with Crippen molar-refractivity contribution in [1.29, 1.82) is 0 Å². The summed E-state index contributed by atoms with van der Waals surface area (Å²) in [4.78, 5) is 4.66. The minimum Gasteiger partial charge on any atom is -0.229 e. The van der Waals surface area contributed by atoms with Crippen LogP contribution in [-0.2, 0) is 0 Å². The molecule has 0 fully saturated rings. The number of hydrogen-bond donors (Lipinski definition) is 0. The molecule has 2 aromatic heterocycles. The maximum Gasteiger partial charge on any atom is 0.221 e. The number of tetrazole rings is 1. The summed E-state index contributed by atoms with van der Waals surface area (Å²) in [5.74, 6) is 0. The van der Waals surface area contributed by atoms with Gasteiger partial charge < -0.3 is 0 Å². The Balaban J connectivity index is 1.59. The molecule has 0 radical (unpaired) electrons. The molecule has 25 heavy (non-hydrogen) atoms. The molecule has 0 unspecified atom stereocenters. The fraction of sp³-hybridized carbons (Fsp3) is 0. The lowest BCUT2D eigenvalue weighted by atomic mass is 10.1. The third-order valence-corrected chi connectivity index (χ3v) is 5.92. The second-order valence-electron chi connectivity index (χ2n) is 5.42. The Hall–Kier alpha value is -2.77. The SMILES string of the molecule is c1ccc2c(-n3nnnc3Sc3nc4ccccc4s3)cccc2c1. The molecule has 0 saturated carbocycles. The first-order valence-electron chi connectivity index (χ1n) is 7.68. The zero-order chi connectivity index (χ0) is 16.6. The van der Waals surface area contributed by atoms with Crippen molar-refractivity contribution in [3.05, 3.63) is 66.7 Å². The van der Waals surface area contributed by atoms with Crippen LogP contribution in [0.4, 0.5) is 0 Å². The predicted octanol–water partition coefficient (Wildman–Crippen LogP) is 4.58. The lowest BCUT2D eigenvalue weighted by molar-refractivity contribution is 0.761. The van der Waals surface area contributed by atoms with E-state index in [1.54, 1.807) is 16.0 Å². The van der Waals surface area contributed by atoms with E-state index in [1.165, 1.54) is 11.8 Å². The van der Waals surface area contributed by atoms with Crippen molar-refractivity contribution in [2.75, 3.05) is 0 Å². The molecule has 0 saturated heterocycles. The molecule has 2 heterocycles. The third-order valence-electron chi connectivity index (χ3n) is 3.89. The van der Waals surface area contributed by atoms with Crippen LogP contribution in [0.25, 0.3) is 26.7 Å². The minimum absolute atomic E-state index is 0.704. The molecule has 0 aliphatic rings. The number of aromatic nitrogens is 5. The van der Waals surface area contributed by atoms with Crippen molar-refractivity contribution in [2.24, 2.45) is 0 Å². The number of rotatable bonds is 3. The lowest BCUT2D eigenvalue weighted by Gasteiger charge is -2.07. The zero-order valence-corrected chi connectivity index (χ0v) is 14.5. The highest BCUT2D eigenvalue weighted by Gasteiger charge is 2.14. The van der Waals surface area contributed by atoms with Crippen molar-refractivity contribution in [2.45, 2.75) is 9.50 Å². The Bertz CT molecular complexity index is 1160. The van der Waals surface area contributed by atoms with Crippen molar-refractivity contribution < 1.29 is 0 Å². The molecule has 0 amide bonds. The summed E-state index contributed by atoms with van der Waals surface area (Å²) >= 11 is 3.13. The van der Waals surface area contributed by atoms with Gasteiger partial charge in [0.05, 0.1) is 15.9 Å². The van der Waals surface area contributed by atoms with E-state index >= 15 is 0 Å². The number of hydrogen-bond acceptors (Lipinski definition) is 6. The summed E-state index contributed by atoms with van der Waals surface area (Å²) in [5, 5.41) is 15.2. The van der Waals surface area contributed by atoms with Crippen molar-refractivity contribution in [3.8, 4) is 5.69 Å². The fourth-order valence-electron chi connectivity index (χ4n) is 2.76. The second-order valence-corrected chi connectivity index (χ2v) is 7.67. The first kappa shape index (κ1) is 14.6. The Labute approximate surface area is 151 Å². The van der Waals surface area contributed by atoms with Gasteiger partial charge in [0.15, 0.2) is 4.34 Å². The smallest absolute Gasteiger partial charge is 0.221 e. The van der Waals surface area contributed by atoms with Crippen molar-refractivity contribution >= 4 is 44.1 Å². The standard InChI is InChI=1S/C18H11N5S2/c1-2-8-13-12(6-1)7-5-10-15(13)23-17(20-21-22-23)25-18-19-14-9-3-4-11-16(14)24-18/h1-11H. The molecule has 3 aromatic carbocycles. The van der Waals surface area contributed by atoms with E-state index < -0.39 is 0 Å². The van der Waals surface area contributed by atoms with Gasteiger partial charge in [0, 0.05) is 5.39 Å². The minimum atomic E-state index is 0.704. The summed E-state index contributed by atoms with van der Waals surface area (Å²) < 4.78 is 3.87. The van der Waals surface area contributed by atoms with Gasteiger partial charge >= 0.3 is 0 Å². The molecule has 0 N–H and O–H groups in total. The van der Waals surface area contributed by atoms with Crippen LogP contribution >= 0.6 is 23.1 Å². The van der Waals surface area contributed by atoms with Crippen LogP contribution in [0.1, 0.15) is 0 Å². The molecule has 120 valence electrons. The fourth-order valence-corrected chi connectivity index (χ4v) is 4.72. The van der Waals surface area contributed by atoms with Crippen LogP contribution in [0.2, 0.25) is 0 Å². The van der Waals surface area contributed by atoms with Crippen LogP contribution in [0.3, 0.4) is 0 Å². The van der Waals surface area contributed by atoms with E-state index in [9.17, 15) is 0 Å². The molecule has 0 aliphatic carbocycles. The van der Waals surface area contributed by atoms with Gasteiger partial charge in [-0.3, -0.25) is 0 Å². The average molecular weight is 361 g/mol. The van der Waals surface area contributed by atoms with Gasteiger partial charge in [0.2, 0.25) is 5.16 Å². The van der Waals surface area contributed by atoms with E-state index in [2.05, 4.69) is 44.8 Å². The second kappa shape index (κ2) is 5.94. The van der Waals surface area contributed by atoms with E-state index in [1.807, 2.05) is 42.5 Å². The van der Waals surface area contributed by atoms with Crippen LogP contribution in [-0.4, -0.2) is 25.2 Å². The summed E-state index contributed by atoms with van der Waals surface area (Å²) in [7, 11) is 0. The third kappa shape index (κ3) is 2.57. The average Bonchev–Trinajstić information content (AvgIpc) is 3.27. The van der Waals surface area contributed by atoms with E-state index in [0.29, 0.717) is 5.16 Å². The van der Waals surface area contributed by atoms with E-state index in [0.717, 1.165) is 31.0 Å². The molecule has 5 nitrogen and oxygen atoms in total. The van der Waals surface area contributed by atoms with Crippen LogP contribution in [0.15, 0.2) is 76.2 Å². The molecule has 7 heteroatoms. The van der Waals surface area contributed by atoms with Crippen LogP contribution in [0.5, 0.6) is 0 Å². The topological polar surface area (TPSA) is 56.5 Å². The summed E-state index contributed by atoms with van der Waals surface area (Å²) in [6, 6.07) is 22.5. The normalized spacial score (nSPS) is 11.4. The van der Waals surface area contributed by atoms with Gasteiger partial charge in [-0.1, -0.05) is 48.5 Å². The summed E-state index contributed by atoms with van der Waals surface area (Å²) in [6.07, 6.45) is 0. The molecule has 0 atom stereocenters. The Morgan fingerprint density at radius 3 is 2.68 bits per heavy atom. The highest BCUT2D eigenvalue weighted by Crippen LogP contribution is 2.34. The van der Waals surface area contributed by atoms with Gasteiger partial charge in [-0.05, 0) is 45.8 Å². The zero-order valence-electron chi connectivity index (χ0n) is 12.9. The van der Waals surface area contributed by atoms with Crippen LogP contribution in [0, 0.1) is 0 Å². The van der Waals surface area contributed by atoms with Gasteiger partial charge in [-0.15, -0.1) is 16.4 Å². The number of fused-ring (bicyclic) bond motifs is 2. The molecule has 5 aromatic rings. The molecule has 5 rings (SSSR count). The Kier molecular flexibility index (Phi) is 3.46. The van der Waals surface area contributed by atoms with E-state index in [-0.39, 0.29) is 0 Å². The van der Waals surface area contributed by atoms with Crippen LogP contribution < -0.4 is 0 Å². The predicted molar refractivity (Wildman–Crippen MR) is 100 cm³/mol. The summed E-state index contributed by atoms with van der Waals surface area (Å²) in [6.45, 7) is 0. The highest BCUT2D eigenvalue weighted by molar-refractivity contribution is 8.01. The first-order chi connectivity index (χ1) is 12.4. The lowest BCUT2D eigenvalue weighted by Crippen LogP contribution is -1.99. The quantitative estimate of drug-likeness (QED) is 0.471. The van der Waals surface area contributed by atoms with Gasteiger partial charge in [0.25, 0.3) is 0 Å². The van der Waals surface area contributed by atoms with Gasteiger partial charge in [0.1, 0.15) is 0 Å². The monoisotopic (exact) mass is 361 g/mol. The Morgan fingerprint density at radius 2 is 1.72 bits per heavy atom. The van der Waals surface area contributed by atoms with Crippen molar-refractivity contribution in [3.63, 3.8) is 0 Å². The Morgan fingerprint density at radius 1 is 0.880 bits per heavy atom. The summed E-state index contributed by atoms with van der Waals surface area (Å²) in [5.41, 5.74) is 1.96. The molecular weight excluding hydrogens is 350 g/mol. The van der Waals surface area contributed by atoms with Crippen molar-refractivity contribution in [1.82, 2.24) is 25.2 Å². The van der Waals surface area contributed by atoms with Gasteiger partial charge in [-0.2, -0.15) is 4.68 Å². The first-order valence-corrected chi connectivity index (χ1v) is 9.32. The largest absolute Gasteiger partial charge is 0.229 e. The number of thiazole rings is 1. The number of nitrogens with zero attached hydrogens (tertiary/aromatic N) is 5. The van der Waals surface area contributed by atoms with E-state index in [4.69, 9.17) is 0 Å².